The number of carbonyl (C=O) groups excluding carboxylic acids is 5. The lowest BCUT2D eigenvalue weighted by Gasteiger charge is -2.32. The average Bonchev–Trinajstić information content (AvgIpc) is 3.26. The van der Waals surface area contributed by atoms with Crippen LogP contribution in [0.2, 0.25) is 0 Å². The quantitative estimate of drug-likeness (QED) is 0.117. The molecule has 5 rings (SSSR count). The summed E-state index contributed by atoms with van der Waals surface area (Å²) in [6.07, 6.45) is 1.16. The first kappa shape index (κ1) is 47.7. The Morgan fingerprint density at radius 2 is 1.68 bits per heavy atom. The Kier molecular flexibility index (Phi) is 16.1. The summed E-state index contributed by atoms with van der Waals surface area (Å²) in [7, 11) is 3.02. The molecular weight excluding hydrogens is 799 g/mol. The zero-order valence-electron chi connectivity index (χ0n) is 37.3. The number of nitriles is 1. The average molecular weight is 858 g/mol. The van der Waals surface area contributed by atoms with E-state index in [0.717, 1.165) is 5.56 Å². The number of hydrogen-bond acceptors (Lipinski definition) is 12. The van der Waals surface area contributed by atoms with Gasteiger partial charge in [0.1, 0.15) is 24.1 Å². The van der Waals surface area contributed by atoms with E-state index in [2.05, 4.69) is 36.1 Å². The largest absolute Gasteiger partial charge is 0.496 e. The number of amides is 2. The Hall–Kier alpha value is -6.30. The number of rotatable bonds is 15. The van der Waals surface area contributed by atoms with Gasteiger partial charge in [-0.3, -0.25) is 24.0 Å². The van der Waals surface area contributed by atoms with Crippen LogP contribution < -0.4 is 26.3 Å². The normalized spacial score (nSPS) is 17.1. The van der Waals surface area contributed by atoms with Crippen molar-refractivity contribution in [3.63, 3.8) is 0 Å². The summed E-state index contributed by atoms with van der Waals surface area (Å²) in [4.78, 5) is 80.9. The van der Waals surface area contributed by atoms with Gasteiger partial charge in [0.15, 0.2) is 23.2 Å². The van der Waals surface area contributed by atoms with Crippen LogP contribution in [0.1, 0.15) is 98.6 Å². The molecule has 0 spiro atoms. The summed E-state index contributed by atoms with van der Waals surface area (Å²) in [6.45, 7) is 10.2. The number of nitrogens with zero attached hydrogens (tertiary/aromatic N) is 4. The summed E-state index contributed by atoms with van der Waals surface area (Å²) in [6, 6.07) is 18.3. The Labute approximate surface area is 369 Å². The van der Waals surface area contributed by atoms with E-state index in [9.17, 15) is 29.2 Å². The van der Waals surface area contributed by atoms with Gasteiger partial charge < -0.3 is 31.2 Å². The van der Waals surface area contributed by atoms with Gasteiger partial charge in [-0.2, -0.15) is 5.26 Å². The molecule has 1 aliphatic heterocycles. The first-order chi connectivity index (χ1) is 30.0. The molecule has 3 aromatic carbocycles. The van der Waals surface area contributed by atoms with Crippen molar-refractivity contribution in [2.24, 2.45) is 23.3 Å². The van der Waals surface area contributed by atoms with Crippen molar-refractivity contribution in [1.82, 2.24) is 20.2 Å². The second-order valence-corrected chi connectivity index (χ2v) is 17.2. The minimum absolute atomic E-state index is 0.0218. The summed E-state index contributed by atoms with van der Waals surface area (Å²) >= 11 is 0. The number of hydrogen-bond donors (Lipinski definition) is 3. The van der Waals surface area contributed by atoms with Crippen molar-refractivity contribution in [3.05, 3.63) is 94.8 Å². The molecule has 4 bridgehead atoms. The first-order valence-corrected chi connectivity index (χ1v) is 21.3. The molecule has 0 aliphatic carbocycles. The Morgan fingerprint density at radius 3 is 2.32 bits per heavy atom. The van der Waals surface area contributed by atoms with Gasteiger partial charge in [-0.15, -0.1) is 0 Å². The molecule has 0 unspecified atom stereocenters. The van der Waals surface area contributed by atoms with Crippen LogP contribution in [-0.4, -0.2) is 83.9 Å². The zero-order chi connectivity index (χ0) is 46.0. The van der Waals surface area contributed by atoms with E-state index in [4.69, 9.17) is 20.9 Å². The second-order valence-electron chi connectivity index (χ2n) is 17.2. The maximum absolute atomic E-state index is 14.7. The molecule has 1 aliphatic rings. The molecule has 4 atom stereocenters. The van der Waals surface area contributed by atoms with Crippen molar-refractivity contribution in [2.75, 3.05) is 33.9 Å². The predicted octanol–water partition coefficient (Wildman–Crippen LogP) is 6.01. The molecule has 0 radical (unpaired) electrons. The third-order valence-corrected chi connectivity index (χ3v) is 11.5. The van der Waals surface area contributed by atoms with Gasteiger partial charge in [-0.25, -0.2) is 9.97 Å². The van der Waals surface area contributed by atoms with Crippen LogP contribution in [0.15, 0.2) is 66.9 Å². The van der Waals surface area contributed by atoms with Gasteiger partial charge in [0.05, 0.1) is 30.5 Å². The van der Waals surface area contributed by atoms with E-state index in [1.165, 1.54) is 30.8 Å². The highest BCUT2D eigenvalue weighted by Gasteiger charge is 2.36. The van der Waals surface area contributed by atoms with Crippen molar-refractivity contribution < 1.29 is 33.4 Å². The smallest absolute Gasteiger partial charge is 0.226 e. The van der Waals surface area contributed by atoms with Crippen LogP contribution in [-0.2, 0) is 31.0 Å². The summed E-state index contributed by atoms with van der Waals surface area (Å²) in [5.41, 5.74) is 16.8. The lowest BCUT2D eigenvalue weighted by molar-refractivity contribution is -0.142. The van der Waals surface area contributed by atoms with Gasteiger partial charge in [-0.05, 0) is 72.7 Å². The maximum Gasteiger partial charge on any atom is 0.226 e. The molecule has 2 heterocycles. The number of ether oxygens (including phenoxy) is 2. The number of Topliss-reactive ketones (excluding diaryl/α,β-unsaturated/α-hetero) is 3. The molecule has 14 heteroatoms. The number of nitrogens with one attached hydrogen (secondary N) is 1. The van der Waals surface area contributed by atoms with Gasteiger partial charge >= 0.3 is 0 Å². The molecule has 14 nitrogen and oxygen atoms in total. The van der Waals surface area contributed by atoms with Gasteiger partial charge in [0.25, 0.3) is 0 Å². The number of likely N-dealkylation sites (N-methyl/N-ethyl adjacent to an activating group) is 1. The molecule has 2 amide bonds. The third kappa shape index (κ3) is 11.6. The van der Waals surface area contributed by atoms with E-state index >= 15 is 0 Å². The fourth-order valence-corrected chi connectivity index (χ4v) is 7.86. The van der Waals surface area contributed by atoms with E-state index < -0.39 is 41.5 Å². The third-order valence-electron chi connectivity index (χ3n) is 11.5. The molecule has 63 heavy (non-hydrogen) atoms. The minimum Gasteiger partial charge on any atom is -0.496 e. The molecule has 0 saturated carbocycles. The van der Waals surface area contributed by atoms with Crippen LogP contribution in [0.3, 0.4) is 0 Å². The lowest BCUT2D eigenvalue weighted by Crippen LogP contribution is -2.46. The number of benzene rings is 3. The van der Waals surface area contributed by atoms with Crippen LogP contribution in [0.25, 0.3) is 22.5 Å². The van der Waals surface area contributed by atoms with Crippen LogP contribution in [0, 0.1) is 30.1 Å². The van der Waals surface area contributed by atoms with E-state index in [-0.39, 0.29) is 80.8 Å². The molecule has 0 fully saturated rings. The van der Waals surface area contributed by atoms with Crippen molar-refractivity contribution in [3.8, 4) is 40.1 Å². The van der Waals surface area contributed by atoms with E-state index in [1.807, 2.05) is 36.4 Å². The molecule has 4 aromatic rings. The van der Waals surface area contributed by atoms with Gasteiger partial charge in [-0.1, -0.05) is 64.1 Å². The summed E-state index contributed by atoms with van der Waals surface area (Å²) in [5, 5.41) is 12.0. The number of methoxy groups -OCH3 is 1. The number of nitrogens with two attached hydrogens (primary N) is 2. The van der Waals surface area contributed by atoms with Crippen LogP contribution in [0.4, 0.5) is 0 Å². The van der Waals surface area contributed by atoms with Gasteiger partial charge in [0, 0.05) is 74.0 Å². The molecule has 5 N–H and O–H groups in total. The Bertz CT molecular complexity index is 2370. The summed E-state index contributed by atoms with van der Waals surface area (Å²) in [5.74, 6) is -2.58. The van der Waals surface area contributed by atoms with Crippen LogP contribution >= 0.6 is 0 Å². The molecule has 332 valence electrons. The Balaban J connectivity index is 1.53. The standard InChI is InChI=1S/C49H59N7O7/c1-29-23-42(59)45(56(6)48(61)34(18-20-51)27-41(58)38-28-53-46(54-30(38)2)32-11-14-35(15-12-32)49(3,4)5)33-13-17-43(62-7)37(26-33)36-24-31(10-16-44(36)63-22-21-52)25-39(55-47(29)60)40(57)9-8-19-50/h10-17,24,26,28-29,34,39,45H,8-9,18,20-23,25,27,51-52H2,1-7H3,(H,55,60)/t29-,34-,39+,45+/m1/s1. The lowest BCUT2D eigenvalue weighted by atomic mass is 9.86. The minimum atomic E-state index is -1.21. The van der Waals surface area contributed by atoms with Crippen molar-refractivity contribution in [1.29, 1.82) is 5.26 Å². The predicted molar refractivity (Wildman–Crippen MR) is 240 cm³/mol. The fraction of sp³-hybridized carbons (Fsp3) is 0.429. The maximum atomic E-state index is 14.7. The first-order valence-electron chi connectivity index (χ1n) is 21.3. The van der Waals surface area contributed by atoms with Crippen LogP contribution in [0.5, 0.6) is 11.5 Å². The number of aryl methyl sites for hydroxylation is 1. The number of fused-ring (bicyclic) bond motifs is 5. The highest BCUT2D eigenvalue weighted by molar-refractivity contribution is 6.00. The van der Waals surface area contributed by atoms with E-state index in [0.29, 0.717) is 45.3 Å². The topological polar surface area (TPSA) is 221 Å². The molecular formula is C49H59N7O7. The highest BCUT2D eigenvalue weighted by Crippen LogP contribution is 2.41. The summed E-state index contributed by atoms with van der Waals surface area (Å²) < 4.78 is 11.9. The fourth-order valence-electron chi connectivity index (χ4n) is 7.86. The van der Waals surface area contributed by atoms with Crippen molar-refractivity contribution in [2.45, 2.75) is 90.6 Å². The van der Waals surface area contributed by atoms with Crippen molar-refractivity contribution >= 4 is 29.2 Å². The molecule has 0 saturated heterocycles. The second kappa shape index (κ2) is 21.2. The number of ketones is 3. The highest BCUT2D eigenvalue weighted by atomic mass is 16.5. The SMILES string of the molecule is COc1ccc2cc1-c1cc(ccc1OCCN)C[C@@H](C(=O)CCC#N)NC(=O)[C@H](C)CC(=O)[C@H]2N(C)C(=O)[C@H](CCN)CC(=O)c1cnc(-c2ccc(C(C)(C)C)cc2)nc1C. The molecule has 1 aromatic heterocycles. The van der Waals surface area contributed by atoms with Gasteiger partial charge in [0.2, 0.25) is 11.8 Å². The number of carbonyl (C=O) groups is 5. The zero-order valence-corrected chi connectivity index (χ0v) is 37.3. The van der Waals surface area contributed by atoms with E-state index in [1.54, 1.807) is 44.2 Å². The Morgan fingerprint density at radius 1 is 0.984 bits per heavy atom. The monoisotopic (exact) mass is 857 g/mol. The number of aromatic nitrogens is 2.